The van der Waals surface area contributed by atoms with Gasteiger partial charge in [0, 0.05) is 18.7 Å². The van der Waals surface area contributed by atoms with Crippen molar-refractivity contribution in [3.63, 3.8) is 0 Å². The van der Waals surface area contributed by atoms with E-state index in [0.29, 0.717) is 6.42 Å². The van der Waals surface area contributed by atoms with Gasteiger partial charge >= 0.3 is 0 Å². The van der Waals surface area contributed by atoms with E-state index in [9.17, 15) is 4.79 Å². The van der Waals surface area contributed by atoms with Crippen LogP contribution < -0.4 is 15.5 Å². The Balaban J connectivity index is 1.65. The topological polar surface area (TPSA) is 62.7 Å². The molecule has 0 aliphatic heterocycles. The van der Waals surface area contributed by atoms with Crippen molar-refractivity contribution < 1.29 is 9.53 Å². The predicted octanol–water partition coefficient (Wildman–Crippen LogP) is 3.35. The van der Waals surface area contributed by atoms with E-state index in [-0.39, 0.29) is 5.91 Å². The van der Waals surface area contributed by atoms with Crippen LogP contribution in [-0.4, -0.2) is 25.8 Å². The molecule has 0 aliphatic rings. The zero-order valence-electron chi connectivity index (χ0n) is 14.1. The van der Waals surface area contributed by atoms with E-state index in [1.54, 1.807) is 13.3 Å². The first-order valence-corrected chi connectivity index (χ1v) is 7.94. The molecule has 0 saturated heterocycles. The maximum Gasteiger partial charge on any atom is 0.240 e. The fraction of sp³-hybridized carbons (Fsp3) is 0.263. The first-order valence-electron chi connectivity index (χ1n) is 7.94. The molecule has 1 amide bonds. The maximum atomic E-state index is 11.7. The van der Waals surface area contributed by atoms with Crippen LogP contribution in [0.4, 0.5) is 5.69 Å². The van der Waals surface area contributed by atoms with E-state index in [4.69, 9.17) is 4.74 Å². The van der Waals surface area contributed by atoms with E-state index in [1.807, 2.05) is 36.4 Å². The number of hydrogen-bond acceptors (Lipinski definition) is 4. The lowest BCUT2D eigenvalue weighted by Crippen LogP contribution is -2.18. The van der Waals surface area contributed by atoms with Gasteiger partial charge in [0.1, 0.15) is 5.75 Å². The number of methoxy groups -OCH3 is 1. The quantitative estimate of drug-likeness (QED) is 0.444. The van der Waals surface area contributed by atoms with E-state index in [2.05, 4.69) is 34.9 Å². The molecule has 2 aromatic rings. The second-order valence-corrected chi connectivity index (χ2v) is 5.47. The van der Waals surface area contributed by atoms with Gasteiger partial charge in [0.15, 0.2) is 0 Å². The highest BCUT2D eigenvalue weighted by molar-refractivity contribution is 5.82. The largest absolute Gasteiger partial charge is 0.497 e. The third kappa shape index (κ3) is 6.12. The smallest absolute Gasteiger partial charge is 0.240 e. The van der Waals surface area contributed by atoms with Crippen LogP contribution >= 0.6 is 0 Å². The highest BCUT2D eigenvalue weighted by Gasteiger charge is 1.99. The minimum Gasteiger partial charge on any atom is -0.497 e. The number of anilines is 1. The Kier molecular flexibility index (Phi) is 6.83. The molecule has 0 radical (unpaired) electrons. The van der Waals surface area contributed by atoms with Crippen LogP contribution in [0.1, 0.15) is 24.0 Å². The van der Waals surface area contributed by atoms with Gasteiger partial charge in [-0.05, 0) is 43.2 Å². The predicted molar refractivity (Wildman–Crippen MR) is 97.6 cm³/mol. The van der Waals surface area contributed by atoms with Crippen LogP contribution in [0.2, 0.25) is 0 Å². The van der Waals surface area contributed by atoms with Gasteiger partial charge in [-0.15, -0.1) is 0 Å². The zero-order valence-corrected chi connectivity index (χ0v) is 14.1. The Labute approximate surface area is 142 Å². The van der Waals surface area contributed by atoms with Crippen molar-refractivity contribution in [2.75, 3.05) is 19.0 Å². The van der Waals surface area contributed by atoms with Crippen LogP contribution in [-0.2, 0) is 4.79 Å². The average Bonchev–Trinajstić information content (AvgIpc) is 2.60. The van der Waals surface area contributed by atoms with Crippen LogP contribution in [0.3, 0.4) is 0 Å². The normalized spacial score (nSPS) is 10.6. The number of hydrazone groups is 1. The Hall–Kier alpha value is -2.82. The van der Waals surface area contributed by atoms with Gasteiger partial charge in [-0.1, -0.05) is 29.8 Å². The molecule has 2 aromatic carbocycles. The summed E-state index contributed by atoms with van der Waals surface area (Å²) in [5, 5.41) is 7.25. The first kappa shape index (κ1) is 17.5. The molecule has 0 spiro atoms. The van der Waals surface area contributed by atoms with Crippen LogP contribution in [0.5, 0.6) is 5.75 Å². The number of nitrogens with zero attached hydrogens (tertiary/aromatic N) is 1. The summed E-state index contributed by atoms with van der Waals surface area (Å²) in [7, 11) is 1.61. The molecule has 0 aliphatic carbocycles. The van der Waals surface area contributed by atoms with E-state index < -0.39 is 0 Å². The molecule has 2 rings (SSSR count). The molecule has 5 nitrogen and oxygen atoms in total. The van der Waals surface area contributed by atoms with Crippen molar-refractivity contribution in [3.8, 4) is 5.75 Å². The minimum absolute atomic E-state index is 0.0974. The molecule has 0 heterocycles. The molecule has 0 atom stereocenters. The number of rotatable bonds is 8. The number of aryl methyl sites for hydroxylation is 1. The highest BCUT2D eigenvalue weighted by Crippen LogP contribution is 2.10. The van der Waals surface area contributed by atoms with E-state index >= 15 is 0 Å². The first-order chi connectivity index (χ1) is 11.7. The number of benzene rings is 2. The van der Waals surface area contributed by atoms with Crippen LogP contribution in [0.15, 0.2) is 53.6 Å². The van der Waals surface area contributed by atoms with Gasteiger partial charge < -0.3 is 10.1 Å². The van der Waals surface area contributed by atoms with E-state index in [1.165, 1.54) is 5.56 Å². The summed E-state index contributed by atoms with van der Waals surface area (Å²) >= 11 is 0. The van der Waals surface area contributed by atoms with Crippen LogP contribution in [0, 0.1) is 6.92 Å². The standard InChI is InChI=1S/C19H23N3O2/c1-15-8-10-17(11-9-15)20-12-4-7-19(23)22-21-14-16-5-3-6-18(13-16)24-2/h3,5-6,8-11,13-14,20H,4,7,12H2,1-2H3,(H,22,23). The number of amides is 1. The monoisotopic (exact) mass is 325 g/mol. The lowest BCUT2D eigenvalue weighted by atomic mass is 10.2. The summed E-state index contributed by atoms with van der Waals surface area (Å²) in [5.41, 5.74) is 5.70. The minimum atomic E-state index is -0.0974. The molecular formula is C19H23N3O2. The van der Waals surface area contributed by atoms with Gasteiger partial charge in [-0.2, -0.15) is 5.10 Å². The molecule has 0 bridgehead atoms. The molecule has 0 fully saturated rings. The fourth-order valence-corrected chi connectivity index (χ4v) is 2.11. The number of ether oxygens (including phenoxy) is 1. The maximum absolute atomic E-state index is 11.7. The Morgan fingerprint density at radius 2 is 2.00 bits per heavy atom. The third-order valence-electron chi connectivity index (χ3n) is 3.46. The van der Waals surface area contributed by atoms with Crippen molar-refractivity contribution in [1.82, 2.24) is 5.43 Å². The summed E-state index contributed by atoms with van der Waals surface area (Å²) in [6, 6.07) is 15.7. The van der Waals surface area contributed by atoms with Gasteiger partial charge in [0.25, 0.3) is 0 Å². The molecule has 0 aromatic heterocycles. The Morgan fingerprint density at radius 3 is 2.75 bits per heavy atom. The molecular weight excluding hydrogens is 302 g/mol. The Bertz CT molecular complexity index is 681. The number of carbonyl (C=O) groups excluding carboxylic acids is 1. The lowest BCUT2D eigenvalue weighted by Gasteiger charge is -2.06. The highest BCUT2D eigenvalue weighted by atomic mass is 16.5. The second kappa shape index (κ2) is 9.35. The second-order valence-electron chi connectivity index (χ2n) is 5.47. The lowest BCUT2D eigenvalue weighted by molar-refractivity contribution is -0.121. The van der Waals surface area contributed by atoms with E-state index in [0.717, 1.165) is 30.0 Å². The summed E-state index contributed by atoms with van der Waals surface area (Å²) in [4.78, 5) is 11.7. The number of hydrogen-bond donors (Lipinski definition) is 2. The zero-order chi connectivity index (χ0) is 17.2. The summed E-state index contributed by atoms with van der Waals surface area (Å²) in [6.45, 7) is 2.80. The average molecular weight is 325 g/mol. The van der Waals surface area contributed by atoms with Crippen molar-refractivity contribution in [1.29, 1.82) is 0 Å². The summed E-state index contributed by atoms with van der Waals surface area (Å²) < 4.78 is 5.13. The number of carbonyl (C=O) groups is 1. The Morgan fingerprint density at radius 1 is 1.21 bits per heavy atom. The number of nitrogens with one attached hydrogen (secondary N) is 2. The van der Waals surface area contributed by atoms with Gasteiger partial charge in [-0.25, -0.2) is 5.43 Å². The van der Waals surface area contributed by atoms with Crippen molar-refractivity contribution in [2.45, 2.75) is 19.8 Å². The molecule has 5 heteroatoms. The summed E-state index contributed by atoms with van der Waals surface area (Å²) in [6.07, 6.45) is 2.77. The van der Waals surface area contributed by atoms with Crippen molar-refractivity contribution in [3.05, 3.63) is 59.7 Å². The molecule has 0 saturated carbocycles. The van der Waals surface area contributed by atoms with Crippen molar-refractivity contribution >= 4 is 17.8 Å². The molecule has 24 heavy (non-hydrogen) atoms. The SMILES string of the molecule is COc1cccc(C=NNC(=O)CCCNc2ccc(C)cc2)c1. The summed E-state index contributed by atoms with van der Waals surface area (Å²) in [5.74, 6) is 0.660. The van der Waals surface area contributed by atoms with Crippen molar-refractivity contribution in [2.24, 2.45) is 5.10 Å². The fourth-order valence-electron chi connectivity index (χ4n) is 2.11. The molecule has 2 N–H and O–H groups in total. The molecule has 126 valence electrons. The third-order valence-corrected chi connectivity index (χ3v) is 3.46. The van der Waals surface area contributed by atoms with Crippen LogP contribution in [0.25, 0.3) is 0 Å². The molecule has 0 unspecified atom stereocenters. The van der Waals surface area contributed by atoms with Gasteiger partial charge in [-0.3, -0.25) is 4.79 Å². The van der Waals surface area contributed by atoms with Gasteiger partial charge in [0.2, 0.25) is 5.91 Å². The van der Waals surface area contributed by atoms with Gasteiger partial charge in [0.05, 0.1) is 13.3 Å².